The second-order valence-corrected chi connectivity index (χ2v) is 4.43. The second kappa shape index (κ2) is 6.54. The average Bonchev–Trinajstić information content (AvgIpc) is 2.28. The van der Waals surface area contributed by atoms with Gasteiger partial charge < -0.3 is 4.90 Å². The number of nitrogens with zero attached hydrogens (tertiary/aromatic N) is 1. The van der Waals surface area contributed by atoms with E-state index >= 15 is 0 Å². The van der Waals surface area contributed by atoms with Crippen LogP contribution in [0.3, 0.4) is 0 Å². The molecule has 0 aromatic heterocycles. The summed E-state index contributed by atoms with van der Waals surface area (Å²) in [6, 6.07) is 8.62. The van der Waals surface area contributed by atoms with E-state index in [4.69, 9.17) is 0 Å². The molecule has 0 saturated carbocycles. The third kappa shape index (κ3) is 3.86. The van der Waals surface area contributed by atoms with Crippen molar-refractivity contribution >= 4 is 5.69 Å². The number of benzene rings is 1. The summed E-state index contributed by atoms with van der Waals surface area (Å²) in [5, 5.41) is 3.53. The molecular formula is C14H24N2. The van der Waals surface area contributed by atoms with Crippen LogP contribution in [0.5, 0.6) is 0 Å². The van der Waals surface area contributed by atoms with Gasteiger partial charge in [-0.1, -0.05) is 25.5 Å². The molecule has 0 radical (unpaired) electrons. The van der Waals surface area contributed by atoms with Gasteiger partial charge in [0, 0.05) is 12.7 Å². The van der Waals surface area contributed by atoms with Crippen LogP contribution in [0.2, 0.25) is 0 Å². The maximum atomic E-state index is 3.53. The first-order valence-electron chi connectivity index (χ1n) is 6.18. The van der Waals surface area contributed by atoms with Crippen molar-refractivity contribution in [3.8, 4) is 0 Å². The molecule has 90 valence electrons. The summed E-state index contributed by atoms with van der Waals surface area (Å²) in [5.41, 5.74) is 2.58. The summed E-state index contributed by atoms with van der Waals surface area (Å²) in [5.74, 6) is 0. The number of hydrogen-bond acceptors (Lipinski definition) is 2. The number of rotatable bonds is 6. The Balaban J connectivity index is 2.52. The number of unbranched alkanes of at least 4 members (excludes halogenated alkanes) is 1. The lowest BCUT2D eigenvalue weighted by molar-refractivity contribution is 0.526. The SMILES string of the molecule is CCCCNC(C)N(C)c1cccc(C)c1. The molecule has 1 unspecified atom stereocenters. The Hall–Kier alpha value is -1.02. The van der Waals surface area contributed by atoms with Crippen molar-refractivity contribution in [3.05, 3.63) is 29.8 Å². The molecule has 1 rings (SSSR count). The van der Waals surface area contributed by atoms with E-state index in [0.717, 1.165) is 6.54 Å². The Bertz CT molecular complexity index is 309. The predicted octanol–water partition coefficient (Wildman–Crippen LogP) is 3.17. The standard InChI is InChI=1S/C14H24N2/c1-5-6-10-15-13(3)16(4)14-9-7-8-12(2)11-14/h7-9,11,13,15H,5-6,10H2,1-4H3. The minimum absolute atomic E-state index is 0.383. The summed E-state index contributed by atoms with van der Waals surface area (Å²) in [7, 11) is 2.14. The first kappa shape index (κ1) is 13.0. The quantitative estimate of drug-likeness (QED) is 0.585. The monoisotopic (exact) mass is 220 g/mol. The maximum absolute atomic E-state index is 3.53. The van der Waals surface area contributed by atoms with Crippen molar-refractivity contribution in [2.45, 2.75) is 39.8 Å². The summed E-state index contributed by atoms with van der Waals surface area (Å²) in [4.78, 5) is 2.28. The van der Waals surface area contributed by atoms with Crippen molar-refractivity contribution in [2.24, 2.45) is 0 Å². The highest BCUT2D eigenvalue weighted by Gasteiger charge is 2.08. The summed E-state index contributed by atoms with van der Waals surface area (Å²) in [6.07, 6.45) is 2.87. The highest BCUT2D eigenvalue weighted by atomic mass is 15.2. The van der Waals surface area contributed by atoms with E-state index in [2.05, 4.69) is 62.3 Å². The van der Waals surface area contributed by atoms with E-state index in [1.807, 2.05) is 0 Å². The fourth-order valence-corrected chi connectivity index (χ4v) is 1.70. The molecule has 0 heterocycles. The molecule has 0 aliphatic rings. The molecule has 1 N–H and O–H groups in total. The van der Waals surface area contributed by atoms with Crippen molar-refractivity contribution in [1.29, 1.82) is 0 Å². The predicted molar refractivity (Wildman–Crippen MR) is 72.0 cm³/mol. The lowest BCUT2D eigenvalue weighted by Crippen LogP contribution is -2.41. The Kier molecular flexibility index (Phi) is 5.33. The highest BCUT2D eigenvalue weighted by Crippen LogP contribution is 2.15. The number of hydrogen-bond donors (Lipinski definition) is 1. The Morgan fingerprint density at radius 2 is 2.12 bits per heavy atom. The summed E-state index contributed by atoms with van der Waals surface area (Å²) in [6.45, 7) is 7.65. The van der Waals surface area contributed by atoms with Crippen molar-refractivity contribution in [2.75, 3.05) is 18.5 Å². The van der Waals surface area contributed by atoms with E-state index in [-0.39, 0.29) is 0 Å². The molecule has 0 saturated heterocycles. The van der Waals surface area contributed by atoms with Crippen LogP contribution < -0.4 is 10.2 Å². The lowest BCUT2D eigenvalue weighted by atomic mass is 10.2. The van der Waals surface area contributed by atoms with Crippen LogP contribution in [-0.2, 0) is 0 Å². The molecule has 0 aliphatic heterocycles. The van der Waals surface area contributed by atoms with Gasteiger partial charge in [0.05, 0.1) is 6.17 Å². The zero-order valence-corrected chi connectivity index (χ0v) is 11.0. The number of aryl methyl sites for hydroxylation is 1. The molecule has 1 atom stereocenters. The fourth-order valence-electron chi connectivity index (χ4n) is 1.70. The van der Waals surface area contributed by atoms with Gasteiger partial charge in [-0.2, -0.15) is 0 Å². The van der Waals surface area contributed by atoms with Gasteiger partial charge in [0.15, 0.2) is 0 Å². The second-order valence-electron chi connectivity index (χ2n) is 4.43. The highest BCUT2D eigenvalue weighted by molar-refractivity contribution is 5.48. The van der Waals surface area contributed by atoms with E-state index in [1.165, 1.54) is 24.1 Å². The molecule has 1 aromatic carbocycles. The zero-order valence-electron chi connectivity index (χ0n) is 11.0. The number of anilines is 1. The Labute approximate surface area is 99.7 Å². The molecule has 2 heteroatoms. The summed E-state index contributed by atoms with van der Waals surface area (Å²) >= 11 is 0. The van der Waals surface area contributed by atoms with E-state index in [9.17, 15) is 0 Å². The van der Waals surface area contributed by atoms with E-state index in [1.54, 1.807) is 0 Å². The van der Waals surface area contributed by atoms with E-state index < -0.39 is 0 Å². The van der Waals surface area contributed by atoms with Crippen LogP contribution >= 0.6 is 0 Å². The van der Waals surface area contributed by atoms with Crippen LogP contribution in [0.25, 0.3) is 0 Å². The van der Waals surface area contributed by atoms with Gasteiger partial charge in [-0.15, -0.1) is 0 Å². The van der Waals surface area contributed by atoms with Crippen molar-refractivity contribution in [1.82, 2.24) is 5.32 Å². The zero-order chi connectivity index (χ0) is 12.0. The van der Waals surface area contributed by atoms with Gasteiger partial charge in [-0.05, 0) is 44.5 Å². The molecule has 0 aliphatic carbocycles. The smallest absolute Gasteiger partial charge is 0.0763 e. The number of nitrogens with one attached hydrogen (secondary N) is 1. The molecule has 0 amide bonds. The Morgan fingerprint density at radius 1 is 1.38 bits per heavy atom. The van der Waals surface area contributed by atoms with Crippen molar-refractivity contribution < 1.29 is 0 Å². The van der Waals surface area contributed by atoms with Gasteiger partial charge in [-0.25, -0.2) is 0 Å². The largest absolute Gasteiger partial charge is 0.359 e. The molecule has 0 spiro atoms. The minimum atomic E-state index is 0.383. The molecule has 0 fully saturated rings. The molecule has 1 aromatic rings. The van der Waals surface area contributed by atoms with E-state index in [0.29, 0.717) is 6.17 Å². The first-order valence-corrected chi connectivity index (χ1v) is 6.18. The Morgan fingerprint density at radius 3 is 2.75 bits per heavy atom. The fraction of sp³-hybridized carbons (Fsp3) is 0.571. The van der Waals surface area contributed by atoms with Gasteiger partial charge in [0.1, 0.15) is 0 Å². The first-order chi connectivity index (χ1) is 7.65. The molecular weight excluding hydrogens is 196 g/mol. The minimum Gasteiger partial charge on any atom is -0.359 e. The molecule has 0 bridgehead atoms. The normalized spacial score (nSPS) is 12.5. The van der Waals surface area contributed by atoms with Gasteiger partial charge in [-0.3, -0.25) is 5.32 Å². The van der Waals surface area contributed by atoms with Crippen LogP contribution in [0, 0.1) is 6.92 Å². The average molecular weight is 220 g/mol. The summed E-state index contributed by atoms with van der Waals surface area (Å²) < 4.78 is 0. The third-order valence-corrected chi connectivity index (χ3v) is 2.96. The topological polar surface area (TPSA) is 15.3 Å². The van der Waals surface area contributed by atoms with Crippen LogP contribution in [0.1, 0.15) is 32.3 Å². The van der Waals surface area contributed by atoms with Crippen molar-refractivity contribution in [3.63, 3.8) is 0 Å². The molecule has 2 nitrogen and oxygen atoms in total. The maximum Gasteiger partial charge on any atom is 0.0763 e. The lowest BCUT2D eigenvalue weighted by Gasteiger charge is -2.28. The third-order valence-electron chi connectivity index (χ3n) is 2.96. The van der Waals surface area contributed by atoms with Gasteiger partial charge in [0.25, 0.3) is 0 Å². The van der Waals surface area contributed by atoms with Crippen LogP contribution in [0.4, 0.5) is 5.69 Å². The van der Waals surface area contributed by atoms with Crippen LogP contribution in [0.15, 0.2) is 24.3 Å². The van der Waals surface area contributed by atoms with Gasteiger partial charge in [0.2, 0.25) is 0 Å². The van der Waals surface area contributed by atoms with Gasteiger partial charge >= 0.3 is 0 Å². The van der Waals surface area contributed by atoms with Crippen LogP contribution in [-0.4, -0.2) is 19.8 Å². The molecule has 16 heavy (non-hydrogen) atoms.